The van der Waals surface area contributed by atoms with Gasteiger partial charge in [0.2, 0.25) is 0 Å². The first-order valence-electron chi connectivity index (χ1n) is 5.31. The van der Waals surface area contributed by atoms with Crippen molar-refractivity contribution in [1.82, 2.24) is 0 Å². The summed E-state index contributed by atoms with van der Waals surface area (Å²) in [4.78, 5) is 0. The van der Waals surface area contributed by atoms with Crippen LogP contribution in [0, 0.1) is 0 Å². The number of halogens is 2. The zero-order valence-electron chi connectivity index (χ0n) is 8.56. The van der Waals surface area contributed by atoms with Gasteiger partial charge in [-0.05, 0) is 42.5 Å². The van der Waals surface area contributed by atoms with Gasteiger partial charge in [0.15, 0.2) is 0 Å². The summed E-state index contributed by atoms with van der Waals surface area (Å²) < 4.78 is 5.62. The van der Waals surface area contributed by atoms with Crippen molar-refractivity contribution in [1.29, 1.82) is 0 Å². The number of unbranched alkanes of at least 4 members (excludes halogenated alkanes) is 1. The van der Waals surface area contributed by atoms with Crippen LogP contribution < -0.4 is 4.74 Å². The van der Waals surface area contributed by atoms with Crippen LogP contribution in [0.1, 0.15) is 24.0 Å². The van der Waals surface area contributed by atoms with E-state index in [0.29, 0.717) is 0 Å². The zero-order chi connectivity index (χ0) is 10.7. The molecule has 1 heterocycles. The molecule has 0 radical (unpaired) electrons. The lowest BCUT2D eigenvalue weighted by atomic mass is 10.0. The molecule has 82 valence electrons. The first-order chi connectivity index (χ1) is 7.31. The van der Waals surface area contributed by atoms with E-state index in [4.69, 9.17) is 27.9 Å². The largest absolute Gasteiger partial charge is 0.493 e. The van der Waals surface area contributed by atoms with E-state index in [1.807, 2.05) is 12.1 Å². The fraction of sp³-hybridized carbons (Fsp3) is 0.500. The van der Waals surface area contributed by atoms with Crippen LogP contribution in [-0.2, 0) is 12.8 Å². The Bertz CT molecular complexity index is 350. The Morgan fingerprint density at radius 1 is 1.27 bits per heavy atom. The molecular weight excluding hydrogens is 231 g/mol. The molecule has 0 unspecified atom stereocenters. The van der Waals surface area contributed by atoms with Gasteiger partial charge < -0.3 is 4.74 Å². The van der Waals surface area contributed by atoms with E-state index in [-0.39, 0.29) is 0 Å². The summed E-state index contributed by atoms with van der Waals surface area (Å²) in [6, 6.07) is 4.02. The lowest BCUT2D eigenvalue weighted by molar-refractivity contribution is 0.353. The Morgan fingerprint density at radius 2 is 2.13 bits per heavy atom. The van der Waals surface area contributed by atoms with E-state index in [1.165, 1.54) is 11.1 Å². The third-order valence-electron chi connectivity index (χ3n) is 2.66. The first kappa shape index (κ1) is 11.1. The molecule has 0 spiro atoms. The average molecular weight is 245 g/mol. The predicted octanol–water partition coefficient (Wildman–Crippen LogP) is 3.84. The van der Waals surface area contributed by atoms with E-state index in [9.17, 15) is 0 Å². The van der Waals surface area contributed by atoms with Crippen molar-refractivity contribution in [3.63, 3.8) is 0 Å². The predicted molar refractivity (Wildman–Crippen MR) is 64.3 cm³/mol. The molecule has 1 aliphatic rings. The van der Waals surface area contributed by atoms with Crippen LogP contribution in [0.5, 0.6) is 5.75 Å². The van der Waals surface area contributed by atoms with Crippen LogP contribution in [-0.4, -0.2) is 12.5 Å². The lowest BCUT2D eigenvalue weighted by Gasteiger charge is -2.08. The van der Waals surface area contributed by atoms with E-state index in [2.05, 4.69) is 0 Å². The molecule has 1 aromatic carbocycles. The molecule has 0 atom stereocenters. The van der Waals surface area contributed by atoms with E-state index < -0.39 is 0 Å². The van der Waals surface area contributed by atoms with Crippen molar-refractivity contribution in [3.8, 4) is 5.75 Å². The summed E-state index contributed by atoms with van der Waals surface area (Å²) in [5.41, 5.74) is 2.49. The average Bonchev–Trinajstić information content (AvgIpc) is 2.65. The number of rotatable bonds is 4. The number of hydrogen-bond acceptors (Lipinski definition) is 1. The number of aryl methyl sites for hydroxylation is 1. The topological polar surface area (TPSA) is 9.23 Å². The minimum Gasteiger partial charge on any atom is -0.493 e. The van der Waals surface area contributed by atoms with E-state index in [0.717, 1.165) is 48.9 Å². The second-order valence-electron chi connectivity index (χ2n) is 3.80. The van der Waals surface area contributed by atoms with Gasteiger partial charge in [-0.2, -0.15) is 0 Å². The highest BCUT2D eigenvalue weighted by Gasteiger charge is 2.16. The molecule has 1 nitrogen and oxygen atoms in total. The third-order valence-corrected chi connectivity index (χ3v) is 3.14. The van der Waals surface area contributed by atoms with Crippen molar-refractivity contribution in [2.45, 2.75) is 25.7 Å². The molecule has 0 aromatic heterocycles. The van der Waals surface area contributed by atoms with Crippen LogP contribution in [0.3, 0.4) is 0 Å². The van der Waals surface area contributed by atoms with Gasteiger partial charge in [-0.25, -0.2) is 0 Å². The van der Waals surface area contributed by atoms with E-state index in [1.54, 1.807) is 0 Å². The maximum Gasteiger partial charge on any atom is 0.125 e. The Morgan fingerprint density at radius 3 is 2.93 bits per heavy atom. The molecule has 2 rings (SSSR count). The number of ether oxygens (including phenoxy) is 1. The number of hydrogen-bond donors (Lipinski definition) is 0. The van der Waals surface area contributed by atoms with Gasteiger partial charge in [-0.15, -0.1) is 11.6 Å². The summed E-state index contributed by atoms with van der Waals surface area (Å²) in [6.07, 6.45) is 4.14. The van der Waals surface area contributed by atoms with Gasteiger partial charge in [0.05, 0.1) is 6.61 Å². The fourth-order valence-corrected chi connectivity index (χ4v) is 2.39. The maximum absolute atomic E-state index is 6.06. The first-order valence-corrected chi connectivity index (χ1v) is 6.22. The standard InChI is InChI=1S/C12H14Cl2O/c13-5-2-1-3-9-7-11(14)8-10-4-6-15-12(9)10/h7-8H,1-6H2. The zero-order valence-corrected chi connectivity index (χ0v) is 10.1. The van der Waals surface area contributed by atoms with Gasteiger partial charge in [-0.1, -0.05) is 11.6 Å². The summed E-state index contributed by atoms with van der Waals surface area (Å²) in [5, 5.41) is 0.820. The van der Waals surface area contributed by atoms with E-state index >= 15 is 0 Å². The second kappa shape index (κ2) is 5.09. The third kappa shape index (κ3) is 2.59. The monoisotopic (exact) mass is 244 g/mol. The number of fused-ring (bicyclic) bond motifs is 1. The summed E-state index contributed by atoms with van der Waals surface area (Å²) in [5.74, 6) is 1.79. The molecule has 1 aromatic rings. The molecular formula is C12H14Cl2O. The maximum atomic E-state index is 6.06. The van der Waals surface area contributed by atoms with Crippen molar-refractivity contribution in [3.05, 3.63) is 28.3 Å². The van der Waals surface area contributed by atoms with Crippen LogP contribution >= 0.6 is 23.2 Å². The van der Waals surface area contributed by atoms with Gasteiger partial charge in [-0.3, -0.25) is 0 Å². The molecule has 0 fully saturated rings. The van der Waals surface area contributed by atoms with Crippen LogP contribution in [0.2, 0.25) is 5.02 Å². The fourth-order valence-electron chi connectivity index (χ4n) is 1.94. The SMILES string of the molecule is ClCCCCc1cc(Cl)cc2c1OCC2. The molecule has 0 amide bonds. The highest BCUT2D eigenvalue weighted by atomic mass is 35.5. The van der Waals surface area contributed by atoms with Crippen molar-refractivity contribution >= 4 is 23.2 Å². The Hall–Kier alpha value is -0.400. The summed E-state index contributed by atoms with van der Waals surface area (Å²) in [6.45, 7) is 0.790. The Balaban J connectivity index is 2.15. The summed E-state index contributed by atoms with van der Waals surface area (Å²) >= 11 is 11.7. The second-order valence-corrected chi connectivity index (χ2v) is 4.61. The number of alkyl halides is 1. The van der Waals surface area contributed by atoms with Gasteiger partial charge in [0.1, 0.15) is 5.75 Å². The molecule has 0 bridgehead atoms. The normalized spacial score (nSPS) is 13.7. The van der Waals surface area contributed by atoms with Crippen molar-refractivity contribution in [2.24, 2.45) is 0 Å². The number of benzene rings is 1. The molecule has 0 aliphatic carbocycles. The van der Waals surface area contributed by atoms with Gasteiger partial charge in [0.25, 0.3) is 0 Å². The molecule has 0 saturated carbocycles. The van der Waals surface area contributed by atoms with Crippen LogP contribution in [0.4, 0.5) is 0 Å². The smallest absolute Gasteiger partial charge is 0.125 e. The minimum absolute atomic E-state index is 0.726. The Labute approximate surface area is 100 Å². The molecule has 3 heteroatoms. The van der Waals surface area contributed by atoms with Gasteiger partial charge in [0, 0.05) is 17.3 Å². The van der Waals surface area contributed by atoms with Crippen LogP contribution in [0.25, 0.3) is 0 Å². The molecule has 15 heavy (non-hydrogen) atoms. The summed E-state index contributed by atoms with van der Waals surface area (Å²) in [7, 11) is 0. The lowest BCUT2D eigenvalue weighted by Crippen LogP contribution is -1.93. The minimum atomic E-state index is 0.726. The highest BCUT2D eigenvalue weighted by molar-refractivity contribution is 6.30. The van der Waals surface area contributed by atoms with Crippen LogP contribution in [0.15, 0.2) is 12.1 Å². The molecule has 1 aliphatic heterocycles. The Kier molecular flexibility index (Phi) is 3.76. The van der Waals surface area contributed by atoms with Crippen molar-refractivity contribution < 1.29 is 4.74 Å². The highest BCUT2D eigenvalue weighted by Crippen LogP contribution is 2.33. The quantitative estimate of drug-likeness (QED) is 0.578. The van der Waals surface area contributed by atoms with Gasteiger partial charge >= 0.3 is 0 Å². The molecule has 0 saturated heterocycles. The molecule has 0 N–H and O–H groups in total. The van der Waals surface area contributed by atoms with Crippen molar-refractivity contribution in [2.75, 3.05) is 12.5 Å².